The minimum Gasteiger partial charge on any atom is -0.349 e. The number of nitrogens with two attached hydrogens (primary N) is 1. The van der Waals surface area contributed by atoms with E-state index in [0.717, 1.165) is 6.42 Å². The Morgan fingerprint density at radius 1 is 1.22 bits per heavy atom. The van der Waals surface area contributed by atoms with Crippen molar-refractivity contribution < 1.29 is 9.59 Å². The van der Waals surface area contributed by atoms with Crippen molar-refractivity contribution in [2.24, 2.45) is 11.1 Å². The van der Waals surface area contributed by atoms with E-state index in [0.29, 0.717) is 12.8 Å². The summed E-state index contributed by atoms with van der Waals surface area (Å²) in [6.07, 6.45) is 1.53. The summed E-state index contributed by atoms with van der Waals surface area (Å²) in [5.41, 5.74) is 5.42. The molecule has 0 spiro atoms. The molecule has 0 bridgehead atoms. The zero-order valence-corrected chi connectivity index (χ0v) is 13.0. The maximum Gasteiger partial charge on any atom is 0.222 e. The molecule has 0 aromatic heterocycles. The number of hydrogen-bond donors (Lipinski definition) is 1. The van der Waals surface area contributed by atoms with Crippen LogP contribution in [0, 0.1) is 5.41 Å². The minimum absolute atomic E-state index is 0.0116. The third-order valence-corrected chi connectivity index (χ3v) is 3.06. The van der Waals surface area contributed by atoms with Crippen LogP contribution in [-0.4, -0.2) is 36.7 Å². The number of hydrogen-bond acceptors (Lipinski definition) is 3. The van der Waals surface area contributed by atoms with Crippen molar-refractivity contribution in [3.8, 4) is 0 Å². The van der Waals surface area contributed by atoms with E-state index in [1.807, 2.05) is 34.6 Å². The van der Waals surface area contributed by atoms with Gasteiger partial charge in [-0.25, -0.2) is 0 Å². The van der Waals surface area contributed by atoms with Gasteiger partial charge in [0.2, 0.25) is 5.91 Å². The van der Waals surface area contributed by atoms with E-state index in [2.05, 4.69) is 0 Å². The number of carbonyl (C=O) groups excluding carboxylic acids is 2. The number of Topliss-reactive ketones (excluding diaryl/α,β-unsaturated/α-hetero) is 1. The molecule has 0 radical (unpaired) electrons. The topological polar surface area (TPSA) is 63.4 Å². The van der Waals surface area contributed by atoms with Crippen LogP contribution in [0.1, 0.15) is 53.9 Å². The summed E-state index contributed by atoms with van der Waals surface area (Å²) in [5, 5.41) is 0. The number of ketones is 1. The Labute approximate surface area is 112 Å². The number of amides is 1. The first kappa shape index (κ1) is 19.4. The molecular formula is C14H30N2O2. The predicted molar refractivity (Wildman–Crippen MR) is 76.3 cm³/mol. The quantitative estimate of drug-likeness (QED) is 0.794. The van der Waals surface area contributed by atoms with Crippen LogP contribution < -0.4 is 5.73 Å². The fraction of sp³-hybridized carbons (Fsp3) is 0.857. The molecule has 0 heterocycles. The first-order valence-corrected chi connectivity index (χ1v) is 6.72. The Morgan fingerprint density at radius 3 is 2.00 bits per heavy atom. The molecule has 0 aliphatic rings. The Bertz CT molecular complexity index is 261. The van der Waals surface area contributed by atoms with Gasteiger partial charge in [0.05, 0.1) is 6.04 Å². The van der Waals surface area contributed by atoms with E-state index in [9.17, 15) is 9.59 Å². The largest absolute Gasteiger partial charge is 0.349 e. The molecule has 18 heavy (non-hydrogen) atoms. The lowest BCUT2D eigenvalue weighted by Gasteiger charge is -2.25. The first-order valence-electron chi connectivity index (χ1n) is 6.72. The molecule has 0 aliphatic carbocycles. The van der Waals surface area contributed by atoms with Gasteiger partial charge in [-0.05, 0) is 12.8 Å². The maximum atomic E-state index is 11.9. The standard InChI is InChI=1S/C12H24N2O2.C2H6/c1-6-12(2,3)11(16)9(13)7-8-10(15)14(4)5;1-2/h9H,6-8,13H2,1-5H3;1-2H3. The van der Waals surface area contributed by atoms with Crippen molar-refractivity contribution in [2.75, 3.05) is 14.1 Å². The monoisotopic (exact) mass is 258 g/mol. The lowest BCUT2D eigenvalue weighted by Crippen LogP contribution is -2.40. The first-order chi connectivity index (χ1) is 8.22. The lowest BCUT2D eigenvalue weighted by atomic mass is 9.81. The SMILES string of the molecule is CC.CCC(C)(C)C(=O)C(N)CCC(=O)N(C)C. The summed E-state index contributed by atoms with van der Waals surface area (Å²) in [7, 11) is 3.40. The second-order valence-corrected chi connectivity index (χ2v) is 5.04. The van der Waals surface area contributed by atoms with E-state index in [1.54, 1.807) is 14.1 Å². The van der Waals surface area contributed by atoms with E-state index in [-0.39, 0.29) is 17.1 Å². The molecule has 0 fully saturated rings. The van der Waals surface area contributed by atoms with Crippen LogP contribution in [0.2, 0.25) is 0 Å². The molecule has 0 rings (SSSR count). The van der Waals surface area contributed by atoms with Gasteiger partial charge in [0.1, 0.15) is 0 Å². The molecule has 1 unspecified atom stereocenters. The minimum atomic E-state index is -0.529. The molecule has 0 saturated heterocycles. The second-order valence-electron chi connectivity index (χ2n) is 5.04. The molecule has 0 aromatic rings. The highest BCUT2D eigenvalue weighted by molar-refractivity contribution is 5.89. The number of carbonyl (C=O) groups is 2. The van der Waals surface area contributed by atoms with Gasteiger partial charge in [-0.3, -0.25) is 9.59 Å². The van der Waals surface area contributed by atoms with Crippen LogP contribution in [-0.2, 0) is 9.59 Å². The zero-order valence-electron chi connectivity index (χ0n) is 13.0. The molecule has 4 nitrogen and oxygen atoms in total. The summed E-state index contributed by atoms with van der Waals surface area (Å²) in [6, 6.07) is -0.529. The lowest BCUT2D eigenvalue weighted by molar-refractivity contribution is -0.130. The van der Waals surface area contributed by atoms with Gasteiger partial charge < -0.3 is 10.6 Å². The van der Waals surface area contributed by atoms with Crippen LogP contribution in [0.4, 0.5) is 0 Å². The van der Waals surface area contributed by atoms with Crippen LogP contribution in [0.25, 0.3) is 0 Å². The summed E-state index contributed by atoms with van der Waals surface area (Å²) >= 11 is 0. The fourth-order valence-electron chi connectivity index (χ4n) is 1.31. The molecule has 0 saturated carbocycles. The third-order valence-electron chi connectivity index (χ3n) is 3.06. The highest BCUT2D eigenvalue weighted by Crippen LogP contribution is 2.23. The number of rotatable bonds is 6. The van der Waals surface area contributed by atoms with Gasteiger partial charge in [-0.15, -0.1) is 0 Å². The molecule has 2 N–H and O–H groups in total. The van der Waals surface area contributed by atoms with Gasteiger partial charge in [0, 0.05) is 25.9 Å². The highest BCUT2D eigenvalue weighted by atomic mass is 16.2. The summed E-state index contributed by atoms with van der Waals surface area (Å²) in [4.78, 5) is 24.8. The summed E-state index contributed by atoms with van der Waals surface area (Å²) in [5.74, 6) is 0.0547. The normalized spacial score (nSPS) is 12.2. The molecule has 108 valence electrons. The summed E-state index contributed by atoms with van der Waals surface area (Å²) in [6.45, 7) is 9.75. The van der Waals surface area contributed by atoms with E-state index >= 15 is 0 Å². The Balaban J connectivity index is 0. The van der Waals surface area contributed by atoms with Gasteiger partial charge in [-0.2, -0.15) is 0 Å². The Kier molecular flexibility index (Phi) is 9.81. The van der Waals surface area contributed by atoms with E-state index < -0.39 is 6.04 Å². The third kappa shape index (κ3) is 6.74. The molecule has 0 aliphatic heterocycles. The van der Waals surface area contributed by atoms with Gasteiger partial charge in [-0.1, -0.05) is 34.6 Å². The van der Waals surface area contributed by atoms with Crippen molar-refractivity contribution in [1.29, 1.82) is 0 Å². The van der Waals surface area contributed by atoms with Crippen LogP contribution >= 0.6 is 0 Å². The second kappa shape index (κ2) is 9.09. The number of nitrogens with zero attached hydrogens (tertiary/aromatic N) is 1. The maximum absolute atomic E-state index is 11.9. The summed E-state index contributed by atoms with van der Waals surface area (Å²) < 4.78 is 0. The predicted octanol–water partition coefficient (Wildman–Crippen LogP) is 2.21. The van der Waals surface area contributed by atoms with Gasteiger partial charge in [0.15, 0.2) is 5.78 Å². The smallest absolute Gasteiger partial charge is 0.222 e. The van der Waals surface area contributed by atoms with Gasteiger partial charge >= 0.3 is 0 Å². The van der Waals surface area contributed by atoms with E-state index in [4.69, 9.17) is 5.73 Å². The van der Waals surface area contributed by atoms with E-state index in [1.165, 1.54) is 4.90 Å². The van der Waals surface area contributed by atoms with Gasteiger partial charge in [0.25, 0.3) is 0 Å². The average Bonchev–Trinajstić information content (AvgIpc) is 2.36. The molecule has 4 heteroatoms. The van der Waals surface area contributed by atoms with Crippen molar-refractivity contribution in [3.05, 3.63) is 0 Å². The molecular weight excluding hydrogens is 228 g/mol. The van der Waals surface area contributed by atoms with Crippen molar-refractivity contribution in [2.45, 2.75) is 59.9 Å². The molecule has 1 atom stereocenters. The molecule has 1 amide bonds. The molecule has 0 aromatic carbocycles. The van der Waals surface area contributed by atoms with Crippen LogP contribution in [0.5, 0.6) is 0 Å². The fourth-order valence-corrected chi connectivity index (χ4v) is 1.31. The highest BCUT2D eigenvalue weighted by Gasteiger charge is 2.30. The van der Waals surface area contributed by atoms with Crippen molar-refractivity contribution >= 4 is 11.7 Å². The Hall–Kier alpha value is -0.900. The average molecular weight is 258 g/mol. The zero-order chi connectivity index (χ0) is 14.9. The van der Waals surface area contributed by atoms with Crippen molar-refractivity contribution in [1.82, 2.24) is 4.90 Å². The van der Waals surface area contributed by atoms with Crippen molar-refractivity contribution in [3.63, 3.8) is 0 Å². The van der Waals surface area contributed by atoms with Crippen LogP contribution in [0.3, 0.4) is 0 Å². The van der Waals surface area contributed by atoms with Crippen LogP contribution in [0.15, 0.2) is 0 Å². The Morgan fingerprint density at radius 2 is 1.67 bits per heavy atom.